The van der Waals surface area contributed by atoms with Crippen molar-refractivity contribution in [1.29, 1.82) is 0 Å². The highest BCUT2D eigenvalue weighted by molar-refractivity contribution is 7.48. The molecule has 0 nitrogen and oxygen atoms in total. The van der Waals surface area contributed by atoms with Gasteiger partial charge in [-0.2, -0.15) is 0 Å². The van der Waals surface area contributed by atoms with Gasteiger partial charge in [-0.15, -0.1) is 0 Å². The maximum absolute atomic E-state index is 2.35. The quantitative estimate of drug-likeness (QED) is 0.741. The van der Waals surface area contributed by atoms with E-state index in [4.69, 9.17) is 0 Å². The third kappa shape index (κ3) is 2.76. The standard InChI is InChI=1S/C15H18P2/c1-11-14(16-2)9-13(10-15(11)17-3)12-7-5-4-6-8-12/h4-10,16-17H,1-3H3. The van der Waals surface area contributed by atoms with Gasteiger partial charge < -0.3 is 0 Å². The predicted octanol–water partition coefficient (Wildman–Crippen LogP) is 3.53. The molecule has 2 unspecified atom stereocenters. The summed E-state index contributed by atoms with van der Waals surface area (Å²) in [5.41, 5.74) is 4.18. The van der Waals surface area contributed by atoms with E-state index in [9.17, 15) is 0 Å². The molecule has 0 heterocycles. The van der Waals surface area contributed by atoms with Crippen molar-refractivity contribution in [2.24, 2.45) is 0 Å². The van der Waals surface area contributed by atoms with Crippen LogP contribution >= 0.6 is 17.2 Å². The first-order valence-corrected chi connectivity index (χ1v) is 8.82. The van der Waals surface area contributed by atoms with E-state index >= 15 is 0 Å². The highest BCUT2D eigenvalue weighted by atomic mass is 31.1. The van der Waals surface area contributed by atoms with Gasteiger partial charge in [-0.25, -0.2) is 0 Å². The molecule has 0 radical (unpaired) electrons. The molecule has 88 valence electrons. The first-order chi connectivity index (χ1) is 8.26. The highest BCUT2D eigenvalue weighted by Crippen LogP contribution is 2.23. The van der Waals surface area contributed by atoms with Crippen molar-refractivity contribution in [3.63, 3.8) is 0 Å². The summed E-state index contributed by atoms with van der Waals surface area (Å²) in [5, 5.41) is 3.02. The Kier molecular flexibility index (Phi) is 4.32. The molecule has 2 aromatic rings. The van der Waals surface area contributed by atoms with Gasteiger partial charge in [0.25, 0.3) is 0 Å². The Morgan fingerprint density at radius 1 is 0.765 bits per heavy atom. The Morgan fingerprint density at radius 3 is 1.76 bits per heavy atom. The van der Waals surface area contributed by atoms with Crippen molar-refractivity contribution in [3.8, 4) is 11.1 Å². The van der Waals surface area contributed by atoms with Gasteiger partial charge in [-0.1, -0.05) is 47.5 Å². The Morgan fingerprint density at radius 2 is 1.29 bits per heavy atom. The summed E-state index contributed by atoms with van der Waals surface area (Å²) in [6.45, 7) is 6.78. The lowest BCUT2D eigenvalue weighted by molar-refractivity contribution is 1.55. The normalized spacial score (nSPS) is 11.9. The van der Waals surface area contributed by atoms with Gasteiger partial charge in [-0.05, 0) is 59.7 Å². The number of hydrogen-bond acceptors (Lipinski definition) is 0. The fourth-order valence-corrected chi connectivity index (χ4v) is 3.77. The molecule has 0 saturated heterocycles. The first kappa shape index (κ1) is 12.7. The fraction of sp³-hybridized carbons (Fsp3) is 0.200. The Bertz CT molecular complexity index is 479. The van der Waals surface area contributed by atoms with Crippen LogP contribution in [0.3, 0.4) is 0 Å². The molecule has 0 fully saturated rings. The molecule has 2 rings (SSSR count). The lowest BCUT2D eigenvalue weighted by Gasteiger charge is -2.12. The SMILES string of the molecule is CPc1cc(-c2ccccc2)cc(PC)c1C. The van der Waals surface area contributed by atoms with Crippen LogP contribution in [0.4, 0.5) is 0 Å². The molecule has 2 atom stereocenters. The lowest BCUT2D eigenvalue weighted by atomic mass is 10.0. The van der Waals surface area contributed by atoms with Gasteiger partial charge in [0.05, 0.1) is 0 Å². The Labute approximate surface area is 107 Å². The molecule has 0 bridgehead atoms. The zero-order chi connectivity index (χ0) is 12.3. The van der Waals surface area contributed by atoms with Crippen LogP contribution in [0.5, 0.6) is 0 Å². The van der Waals surface area contributed by atoms with Crippen molar-refractivity contribution in [2.45, 2.75) is 6.92 Å². The zero-order valence-corrected chi connectivity index (χ0v) is 12.5. The molecule has 0 aromatic heterocycles. The second kappa shape index (κ2) is 5.76. The second-order valence-electron chi connectivity index (χ2n) is 4.06. The van der Waals surface area contributed by atoms with Crippen LogP contribution in [0, 0.1) is 6.92 Å². The monoisotopic (exact) mass is 260 g/mol. The molecular weight excluding hydrogens is 242 g/mol. The average molecular weight is 260 g/mol. The smallest absolute Gasteiger partial charge is 0.0171 e. The third-order valence-corrected chi connectivity index (χ3v) is 5.17. The molecule has 0 spiro atoms. The number of benzene rings is 2. The Balaban J connectivity index is 2.56. The van der Waals surface area contributed by atoms with E-state index in [0.717, 1.165) is 17.2 Å². The van der Waals surface area contributed by atoms with E-state index in [1.54, 1.807) is 0 Å². The molecule has 0 N–H and O–H groups in total. The molecule has 0 amide bonds. The topological polar surface area (TPSA) is 0 Å². The van der Waals surface area contributed by atoms with Crippen molar-refractivity contribution in [3.05, 3.63) is 48.0 Å². The maximum Gasteiger partial charge on any atom is -0.0171 e. The number of hydrogen-bond donors (Lipinski definition) is 0. The van der Waals surface area contributed by atoms with Gasteiger partial charge in [0.15, 0.2) is 0 Å². The second-order valence-corrected chi connectivity index (χ2v) is 6.14. The van der Waals surface area contributed by atoms with Gasteiger partial charge in [0.2, 0.25) is 0 Å². The third-order valence-electron chi connectivity index (χ3n) is 3.05. The lowest BCUT2D eigenvalue weighted by Crippen LogP contribution is -2.12. The van der Waals surface area contributed by atoms with E-state index in [-0.39, 0.29) is 0 Å². The van der Waals surface area contributed by atoms with Crippen molar-refractivity contribution < 1.29 is 0 Å². The minimum atomic E-state index is 0.874. The molecule has 0 saturated carbocycles. The van der Waals surface area contributed by atoms with Crippen LogP contribution in [-0.2, 0) is 0 Å². The summed E-state index contributed by atoms with van der Waals surface area (Å²) < 4.78 is 0. The predicted molar refractivity (Wildman–Crippen MR) is 84.4 cm³/mol. The first-order valence-electron chi connectivity index (χ1n) is 5.82. The zero-order valence-electron chi connectivity index (χ0n) is 10.5. The Hall–Kier alpha value is -0.700. The van der Waals surface area contributed by atoms with Gasteiger partial charge >= 0.3 is 0 Å². The summed E-state index contributed by atoms with van der Waals surface area (Å²) in [4.78, 5) is 0. The van der Waals surface area contributed by atoms with Crippen molar-refractivity contribution in [1.82, 2.24) is 0 Å². The summed E-state index contributed by atoms with van der Waals surface area (Å²) in [5.74, 6) is 0. The minimum absolute atomic E-state index is 0.874. The summed E-state index contributed by atoms with van der Waals surface area (Å²) in [6.07, 6.45) is 0. The summed E-state index contributed by atoms with van der Waals surface area (Å²) >= 11 is 0. The molecule has 2 aromatic carbocycles. The molecule has 17 heavy (non-hydrogen) atoms. The van der Waals surface area contributed by atoms with Crippen molar-refractivity contribution in [2.75, 3.05) is 13.3 Å². The van der Waals surface area contributed by atoms with Crippen LogP contribution in [0.1, 0.15) is 5.56 Å². The van der Waals surface area contributed by atoms with E-state index in [0.29, 0.717) is 0 Å². The van der Waals surface area contributed by atoms with Gasteiger partial charge in [-0.3, -0.25) is 0 Å². The fourth-order valence-electron chi connectivity index (χ4n) is 2.03. The molecule has 2 heteroatoms. The summed E-state index contributed by atoms with van der Waals surface area (Å²) in [6, 6.07) is 15.4. The molecule has 0 aliphatic heterocycles. The minimum Gasteiger partial charge on any atom is -0.0933 e. The van der Waals surface area contributed by atoms with E-state index < -0.39 is 0 Å². The van der Waals surface area contributed by atoms with Crippen molar-refractivity contribution >= 4 is 27.8 Å². The summed E-state index contributed by atoms with van der Waals surface area (Å²) in [7, 11) is 1.75. The molecule has 0 aliphatic carbocycles. The van der Waals surface area contributed by atoms with Crippen LogP contribution in [0.25, 0.3) is 11.1 Å². The van der Waals surface area contributed by atoms with Gasteiger partial charge in [0.1, 0.15) is 0 Å². The van der Waals surface area contributed by atoms with E-state index in [2.05, 4.69) is 62.7 Å². The van der Waals surface area contributed by atoms with E-state index in [1.807, 2.05) is 0 Å². The average Bonchev–Trinajstić information content (AvgIpc) is 2.40. The van der Waals surface area contributed by atoms with E-state index in [1.165, 1.54) is 27.3 Å². The maximum atomic E-state index is 2.35. The highest BCUT2D eigenvalue weighted by Gasteiger charge is 2.06. The van der Waals surface area contributed by atoms with Gasteiger partial charge in [0, 0.05) is 0 Å². The van der Waals surface area contributed by atoms with Crippen LogP contribution in [0.15, 0.2) is 42.5 Å². The molecule has 0 aliphatic rings. The largest absolute Gasteiger partial charge is 0.0933 e. The number of rotatable bonds is 3. The van der Waals surface area contributed by atoms with Crippen LogP contribution in [0.2, 0.25) is 0 Å². The van der Waals surface area contributed by atoms with Crippen LogP contribution < -0.4 is 10.6 Å². The van der Waals surface area contributed by atoms with Crippen LogP contribution in [-0.4, -0.2) is 13.3 Å². The molecular formula is C15H18P2.